The van der Waals surface area contributed by atoms with E-state index >= 15 is 0 Å². The number of hydrogen-bond acceptors (Lipinski definition) is 3. The number of benzene rings is 1. The van der Waals surface area contributed by atoms with Crippen LogP contribution < -0.4 is 10.1 Å². The Labute approximate surface area is 114 Å². The second-order valence-electron chi connectivity index (χ2n) is 4.43. The predicted molar refractivity (Wildman–Crippen MR) is 77.1 cm³/mol. The van der Waals surface area contributed by atoms with E-state index in [1.165, 1.54) is 5.56 Å². The highest BCUT2D eigenvalue weighted by Crippen LogP contribution is 2.20. The molecule has 0 aliphatic carbocycles. The van der Waals surface area contributed by atoms with Gasteiger partial charge in [0.25, 0.3) is 0 Å². The highest BCUT2D eigenvalue weighted by molar-refractivity contribution is 5.29. The van der Waals surface area contributed by atoms with Gasteiger partial charge in [-0.25, -0.2) is 0 Å². The van der Waals surface area contributed by atoms with Crippen molar-refractivity contribution in [2.24, 2.45) is 0 Å². The van der Waals surface area contributed by atoms with Crippen LogP contribution in [0.3, 0.4) is 0 Å². The van der Waals surface area contributed by atoms with Crippen molar-refractivity contribution in [3.63, 3.8) is 0 Å². The number of hydrogen-bond donors (Lipinski definition) is 1. The molecule has 1 aromatic heterocycles. The van der Waals surface area contributed by atoms with Crippen molar-refractivity contribution in [1.82, 2.24) is 10.3 Å². The van der Waals surface area contributed by atoms with E-state index in [2.05, 4.69) is 29.4 Å². The average Bonchev–Trinajstić information content (AvgIpc) is 2.49. The van der Waals surface area contributed by atoms with Gasteiger partial charge in [0.1, 0.15) is 12.4 Å². The maximum atomic E-state index is 5.71. The van der Waals surface area contributed by atoms with Crippen molar-refractivity contribution < 1.29 is 4.74 Å². The molecule has 0 fully saturated rings. The topological polar surface area (TPSA) is 34.1 Å². The van der Waals surface area contributed by atoms with E-state index in [0.717, 1.165) is 17.9 Å². The Kier molecular flexibility index (Phi) is 4.93. The van der Waals surface area contributed by atoms with Crippen LogP contribution in [0.4, 0.5) is 0 Å². The molecule has 0 aliphatic rings. The minimum Gasteiger partial charge on any atom is -0.487 e. The van der Waals surface area contributed by atoms with Gasteiger partial charge in [0.15, 0.2) is 0 Å². The average molecular weight is 256 g/mol. The molecule has 100 valence electrons. The maximum absolute atomic E-state index is 5.71. The highest BCUT2D eigenvalue weighted by Gasteiger charge is 2.06. The van der Waals surface area contributed by atoms with Crippen LogP contribution in [0.1, 0.15) is 30.6 Å². The summed E-state index contributed by atoms with van der Waals surface area (Å²) in [5.74, 6) is 0.875. The molecule has 0 aliphatic heterocycles. The summed E-state index contributed by atoms with van der Waals surface area (Å²) in [6.45, 7) is 2.68. The Morgan fingerprint density at radius 1 is 1.16 bits per heavy atom. The third kappa shape index (κ3) is 3.80. The van der Waals surface area contributed by atoms with E-state index < -0.39 is 0 Å². The summed E-state index contributed by atoms with van der Waals surface area (Å²) in [4.78, 5) is 4.23. The van der Waals surface area contributed by atoms with Gasteiger partial charge in [-0.1, -0.05) is 25.1 Å². The molecular weight excluding hydrogens is 236 g/mol. The van der Waals surface area contributed by atoms with Crippen LogP contribution in [0.2, 0.25) is 0 Å². The quantitative estimate of drug-likeness (QED) is 0.860. The van der Waals surface area contributed by atoms with E-state index in [4.69, 9.17) is 4.74 Å². The van der Waals surface area contributed by atoms with Gasteiger partial charge in [-0.15, -0.1) is 0 Å². The molecule has 0 bridgehead atoms. The third-order valence-corrected chi connectivity index (χ3v) is 3.15. The van der Waals surface area contributed by atoms with E-state index in [0.29, 0.717) is 12.6 Å². The Balaban J connectivity index is 1.95. The fourth-order valence-corrected chi connectivity index (χ4v) is 2.04. The molecule has 0 spiro atoms. The molecule has 2 rings (SSSR count). The summed E-state index contributed by atoms with van der Waals surface area (Å²) in [6, 6.07) is 14.5. The molecule has 1 unspecified atom stereocenters. The molecule has 3 heteroatoms. The molecule has 0 radical (unpaired) electrons. The molecule has 1 N–H and O–H groups in total. The van der Waals surface area contributed by atoms with Crippen LogP contribution in [0.5, 0.6) is 5.75 Å². The highest BCUT2D eigenvalue weighted by atomic mass is 16.5. The zero-order valence-corrected chi connectivity index (χ0v) is 11.5. The monoisotopic (exact) mass is 256 g/mol. The molecule has 3 nitrogen and oxygen atoms in total. The largest absolute Gasteiger partial charge is 0.487 e. The predicted octanol–water partition coefficient (Wildman–Crippen LogP) is 3.33. The smallest absolute Gasteiger partial charge is 0.130 e. The van der Waals surface area contributed by atoms with Gasteiger partial charge >= 0.3 is 0 Å². The Bertz CT molecular complexity index is 478. The van der Waals surface area contributed by atoms with Crippen LogP contribution in [0, 0.1) is 0 Å². The maximum Gasteiger partial charge on any atom is 0.130 e. The second-order valence-corrected chi connectivity index (χ2v) is 4.43. The van der Waals surface area contributed by atoms with Gasteiger partial charge in [0.2, 0.25) is 0 Å². The fourth-order valence-electron chi connectivity index (χ4n) is 2.04. The van der Waals surface area contributed by atoms with Crippen molar-refractivity contribution in [3.8, 4) is 5.75 Å². The number of pyridine rings is 1. The normalized spacial score (nSPS) is 12.1. The van der Waals surface area contributed by atoms with Crippen LogP contribution in [-0.4, -0.2) is 12.0 Å². The lowest BCUT2D eigenvalue weighted by molar-refractivity contribution is 0.301. The summed E-state index contributed by atoms with van der Waals surface area (Å²) >= 11 is 0. The van der Waals surface area contributed by atoms with Crippen molar-refractivity contribution in [3.05, 3.63) is 59.9 Å². The lowest BCUT2D eigenvalue weighted by Crippen LogP contribution is -2.14. The first-order valence-electron chi connectivity index (χ1n) is 6.63. The van der Waals surface area contributed by atoms with Gasteiger partial charge in [0.05, 0.1) is 5.69 Å². The fraction of sp³-hybridized carbons (Fsp3) is 0.312. The van der Waals surface area contributed by atoms with Gasteiger partial charge in [-0.05, 0) is 43.3 Å². The van der Waals surface area contributed by atoms with E-state index in [1.807, 2.05) is 37.4 Å². The summed E-state index contributed by atoms with van der Waals surface area (Å²) in [7, 11) is 1.99. The Hall–Kier alpha value is -1.87. The standard InChI is InChI=1S/C16H20N2O/c1-3-16(17-2)13-7-9-15(10-8-13)19-12-14-6-4-5-11-18-14/h4-11,16-17H,3,12H2,1-2H3. The van der Waals surface area contributed by atoms with Crippen LogP contribution in [0.25, 0.3) is 0 Å². The van der Waals surface area contributed by atoms with E-state index in [9.17, 15) is 0 Å². The van der Waals surface area contributed by atoms with E-state index in [-0.39, 0.29) is 0 Å². The van der Waals surface area contributed by atoms with E-state index in [1.54, 1.807) is 6.20 Å². The summed E-state index contributed by atoms with van der Waals surface area (Å²) in [6.07, 6.45) is 2.85. The first-order valence-corrected chi connectivity index (χ1v) is 6.63. The Morgan fingerprint density at radius 2 is 1.95 bits per heavy atom. The number of rotatable bonds is 6. The first-order chi connectivity index (χ1) is 9.33. The number of nitrogens with one attached hydrogen (secondary N) is 1. The lowest BCUT2D eigenvalue weighted by atomic mass is 10.1. The van der Waals surface area contributed by atoms with Crippen molar-refractivity contribution in [2.45, 2.75) is 26.0 Å². The van der Waals surface area contributed by atoms with Gasteiger partial charge in [-0.3, -0.25) is 4.98 Å². The van der Waals surface area contributed by atoms with Gasteiger partial charge in [0, 0.05) is 12.2 Å². The minimum absolute atomic E-state index is 0.407. The third-order valence-electron chi connectivity index (χ3n) is 3.15. The summed E-state index contributed by atoms with van der Waals surface area (Å²) < 4.78 is 5.71. The zero-order chi connectivity index (χ0) is 13.5. The molecule has 2 aromatic rings. The molecular formula is C16H20N2O. The van der Waals surface area contributed by atoms with Crippen LogP contribution in [0.15, 0.2) is 48.7 Å². The van der Waals surface area contributed by atoms with Crippen molar-refractivity contribution in [1.29, 1.82) is 0 Å². The Morgan fingerprint density at radius 3 is 2.53 bits per heavy atom. The summed E-state index contributed by atoms with van der Waals surface area (Å²) in [5, 5.41) is 3.29. The molecule has 0 amide bonds. The number of nitrogens with zero attached hydrogens (tertiary/aromatic N) is 1. The molecule has 0 saturated heterocycles. The molecule has 1 heterocycles. The molecule has 0 saturated carbocycles. The number of aromatic nitrogens is 1. The van der Waals surface area contributed by atoms with Crippen LogP contribution >= 0.6 is 0 Å². The van der Waals surface area contributed by atoms with Gasteiger partial charge in [-0.2, -0.15) is 0 Å². The second kappa shape index (κ2) is 6.90. The van der Waals surface area contributed by atoms with Gasteiger partial charge < -0.3 is 10.1 Å². The van der Waals surface area contributed by atoms with Crippen LogP contribution in [-0.2, 0) is 6.61 Å². The van der Waals surface area contributed by atoms with Crippen molar-refractivity contribution in [2.75, 3.05) is 7.05 Å². The first kappa shape index (κ1) is 13.6. The lowest BCUT2D eigenvalue weighted by Gasteiger charge is -2.14. The minimum atomic E-state index is 0.407. The molecule has 1 aromatic carbocycles. The molecule has 1 atom stereocenters. The molecule has 19 heavy (non-hydrogen) atoms. The SMILES string of the molecule is CCC(NC)c1ccc(OCc2ccccn2)cc1. The number of ether oxygens (including phenoxy) is 1. The van der Waals surface area contributed by atoms with Crippen molar-refractivity contribution >= 4 is 0 Å². The summed E-state index contributed by atoms with van der Waals surface area (Å²) in [5.41, 5.74) is 2.23. The zero-order valence-electron chi connectivity index (χ0n) is 11.5.